The first kappa shape index (κ1) is 47.0. The number of ether oxygens (including phenoxy) is 3. The van der Waals surface area contributed by atoms with E-state index in [1.807, 2.05) is 60.7 Å². The van der Waals surface area contributed by atoms with Crippen LogP contribution in [0.4, 0.5) is 16.2 Å². The van der Waals surface area contributed by atoms with E-state index >= 15 is 0 Å². The van der Waals surface area contributed by atoms with Gasteiger partial charge in [0, 0.05) is 17.9 Å². The summed E-state index contributed by atoms with van der Waals surface area (Å²) in [6.07, 6.45) is 5.48. The molecule has 4 aromatic carbocycles. The molecule has 0 radical (unpaired) electrons. The highest BCUT2D eigenvalue weighted by atomic mass is 16.6. The topological polar surface area (TPSA) is 234 Å². The minimum atomic E-state index is -0.964. The van der Waals surface area contributed by atoms with Crippen LogP contribution in [0.25, 0.3) is 0 Å². The zero-order valence-electron chi connectivity index (χ0n) is 36.9. The molecule has 2 aliphatic carbocycles. The van der Waals surface area contributed by atoms with Crippen molar-refractivity contribution in [2.24, 2.45) is 0 Å². The first-order valence-corrected chi connectivity index (χ1v) is 21.4. The van der Waals surface area contributed by atoms with Crippen molar-refractivity contribution in [2.75, 3.05) is 17.2 Å². The van der Waals surface area contributed by atoms with E-state index in [9.17, 15) is 34.0 Å². The van der Waals surface area contributed by atoms with Gasteiger partial charge in [-0.1, -0.05) is 61.9 Å². The van der Waals surface area contributed by atoms with Crippen LogP contribution in [0, 0.1) is 11.3 Å². The lowest BCUT2D eigenvalue weighted by Gasteiger charge is -2.35. The number of carbonyl (C=O) groups is 5. The van der Waals surface area contributed by atoms with E-state index in [0.717, 1.165) is 81.3 Å². The number of alkyl carbamates (subject to hydrolysis) is 1. The number of fused-ring (bicyclic) bond motifs is 4. The smallest absolute Gasteiger partial charge is 0.407 e. The molecule has 16 heteroatoms. The van der Waals surface area contributed by atoms with Crippen LogP contribution >= 0.6 is 0 Å². The summed E-state index contributed by atoms with van der Waals surface area (Å²) in [5.41, 5.74) is 8.28. The van der Waals surface area contributed by atoms with Gasteiger partial charge in [0.1, 0.15) is 30.1 Å². The summed E-state index contributed by atoms with van der Waals surface area (Å²) in [5.74, 6) is 0.389. The third-order valence-electron chi connectivity index (χ3n) is 11.7. The zero-order chi connectivity index (χ0) is 46.6. The second-order valence-corrected chi connectivity index (χ2v) is 16.9. The molecule has 338 valence electrons. The van der Waals surface area contributed by atoms with Crippen molar-refractivity contribution in [2.45, 2.75) is 102 Å². The summed E-state index contributed by atoms with van der Waals surface area (Å²) < 4.78 is 15.2. The molecule has 3 amide bonds. The minimum absolute atomic E-state index is 0.214. The lowest BCUT2D eigenvalue weighted by molar-refractivity contribution is -0.130. The van der Waals surface area contributed by atoms with Crippen LogP contribution in [-0.4, -0.2) is 59.2 Å². The molecule has 0 aliphatic heterocycles. The average molecular weight is 884 g/mol. The molecule has 0 saturated heterocycles. The number of aromatic nitrogens is 3. The third-order valence-corrected chi connectivity index (χ3v) is 11.7. The summed E-state index contributed by atoms with van der Waals surface area (Å²) in [6, 6.07) is 25.8. The van der Waals surface area contributed by atoms with Gasteiger partial charge in [0.05, 0.1) is 11.5 Å². The van der Waals surface area contributed by atoms with Crippen LogP contribution in [0.2, 0.25) is 0 Å². The number of amides is 3. The molecule has 1 aromatic heterocycles. The van der Waals surface area contributed by atoms with Crippen molar-refractivity contribution in [1.82, 2.24) is 20.5 Å². The van der Waals surface area contributed by atoms with Gasteiger partial charge >= 0.3 is 11.8 Å². The third kappa shape index (κ3) is 10.5. The number of rotatable bonds is 16. The van der Waals surface area contributed by atoms with Crippen molar-refractivity contribution in [3.05, 3.63) is 145 Å². The van der Waals surface area contributed by atoms with E-state index < -0.39 is 28.2 Å². The summed E-state index contributed by atoms with van der Waals surface area (Å²) in [5, 5.41) is 25.4. The Morgan fingerprint density at radius 1 is 0.754 bits per heavy atom. The van der Waals surface area contributed by atoms with Crippen LogP contribution in [0.3, 0.4) is 0 Å². The molecule has 16 nitrogen and oxygen atoms in total. The molecule has 0 bridgehead atoms. The number of nitrogens with one attached hydrogen (secondary N) is 5. The minimum Gasteiger partial charge on any atom is -0.463 e. The SMILES string of the molecule is CC(C)(C)OC(=O)NCCC1(c2n[nH]c(=O)[nH]2)c2ccc(NC=O)cc2CCc2cc(NC=O)ccc21.CCCC1(C#N)c2ccc(COC=O)cc2CCc2cc(COC=O)ccc21. The summed E-state index contributed by atoms with van der Waals surface area (Å²) in [4.78, 5) is 70.7. The number of aryl methyl sites for hydroxylation is 4. The molecule has 0 unspecified atom stereocenters. The van der Waals surface area contributed by atoms with Gasteiger partial charge < -0.3 is 30.2 Å². The highest BCUT2D eigenvalue weighted by molar-refractivity contribution is 5.74. The van der Waals surface area contributed by atoms with Crippen molar-refractivity contribution in [3.8, 4) is 6.07 Å². The van der Waals surface area contributed by atoms with Crippen LogP contribution < -0.4 is 21.6 Å². The number of hydrogen-bond acceptors (Lipinski definition) is 11. The van der Waals surface area contributed by atoms with Crippen LogP contribution in [-0.2, 0) is 83.1 Å². The molecule has 0 atom stereocenters. The maximum atomic E-state index is 12.4. The number of benzene rings is 4. The lowest BCUT2D eigenvalue weighted by atomic mass is 9.69. The van der Waals surface area contributed by atoms with E-state index in [4.69, 9.17) is 14.2 Å². The molecule has 0 fully saturated rings. The molecule has 1 heterocycles. The largest absolute Gasteiger partial charge is 0.463 e. The fourth-order valence-corrected chi connectivity index (χ4v) is 9.16. The Labute approximate surface area is 376 Å². The van der Waals surface area contributed by atoms with Crippen molar-refractivity contribution >= 4 is 43.2 Å². The molecule has 5 aromatic rings. The van der Waals surface area contributed by atoms with Crippen LogP contribution in [0.5, 0.6) is 0 Å². The Bertz CT molecular complexity index is 2510. The normalized spacial score (nSPS) is 14.0. The Hall–Kier alpha value is -7.54. The van der Waals surface area contributed by atoms with Gasteiger partial charge in [0.2, 0.25) is 12.8 Å². The van der Waals surface area contributed by atoms with Gasteiger partial charge in [-0.3, -0.25) is 24.2 Å². The zero-order valence-corrected chi connectivity index (χ0v) is 36.9. The Morgan fingerprint density at radius 2 is 1.25 bits per heavy atom. The van der Waals surface area contributed by atoms with Crippen LogP contribution in [0.1, 0.15) is 108 Å². The second kappa shape index (κ2) is 20.8. The van der Waals surface area contributed by atoms with Crippen LogP contribution in [0.15, 0.2) is 77.6 Å². The number of nitriles is 1. The maximum absolute atomic E-state index is 12.4. The quantitative estimate of drug-likeness (QED) is 0.0543. The predicted molar refractivity (Wildman–Crippen MR) is 241 cm³/mol. The van der Waals surface area contributed by atoms with Crippen molar-refractivity contribution in [1.29, 1.82) is 5.26 Å². The Kier molecular flexibility index (Phi) is 15.0. The Morgan fingerprint density at radius 3 is 1.66 bits per heavy atom. The summed E-state index contributed by atoms with van der Waals surface area (Å²) >= 11 is 0. The van der Waals surface area contributed by atoms with E-state index in [1.54, 1.807) is 32.9 Å². The average Bonchev–Trinajstić information content (AvgIpc) is 3.62. The number of carbonyl (C=O) groups excluding carboxylic acids is 5. The standard InChI is InChI=1S/C26H30N6O5.C23H23NO4/c1-25(2,3)37-24(36)27-11-10-26(22-30-23(35)32-31-22)20-8-6-18(28-14-33)12-16(20)4-5-17-13-19(29-15-34)7-9-21(17)26;1-2-9-23(14-24)21-7-3-17(12-27-15-25)10-19(21)5-6-20-11-18(13-28-16-26)4-8-22(20)23/h6-9,12-15H,4-5,10-11H2,1-3H3,(H,27,36)(H,28,33)(H,29,34)(H2,30,31,32,35);3-4,7-8,10-11,15-16H,2,5-6,9,12-13H2,1H3. The number of anilines is 2. The highest BCUT2D eigenvalue weighted by Gasteiger charge is 2.44. The number of H-pyrrole nitrogens is 2. The number of aromatic amines is 2. The molecular formula is C49H53N7O9. The second-order valence-electron chi connectivity index (χ2n) is 16.9. The fourth-order valence-electron chi connectivity index (χ4n) is 9.16. The lowest BCUT2D eigenvalue weighted by Crippen LogP contribution is -2.39. The number of hydrogen-bond donors (Lipinski definition) is 5. The van der Waals surface area contributed by atoms with Gasteiger partial charge in [-0.25, -0.2) is 14.7 Å². The monoisotopic (exact) mass is 883 g/mol. The molecule has 0 spiro atoms. The van der Waals surface area contributed by atoms with Gasteiger partial charge in [-0.05, 0) is 139 Å². The maximum Gasteiger partial charge on any atom is 0.407 e. The highest BCUT2D eigenvalue weighted by Crippen LogP contribution is 2.47. The Balaban J connectivity index is 0.000000224. The molecule has 5 N–H and O–H groups in total. The molecule has 2 aliphatic rings. The molecule has 0 saturated carbocycles. The van der Waals surface area contributed by atoms with Crippen molar-refractivity contribution in [3.63, 3.8) is 0 Å². The van der Waals surface area contributed by atoms with E-state index in [0.29, 0.717) is 62.2 Å². The molecular weight excluding hydrogens is 831 g/mol. The predicted octanol–water partition coefficient (Wildman–Crippen LogP) is 6.32. The fraction of sp³-hybridized carbons (Fsp3) is 0.347. The van der Waals surface area contributed by atoms with E-state index in [1.165, 1.54) is 0 Å². The van der Waals surface area contributed by atoms with Crippen molar-refractivity contribution < 1.29 is 38.2 Å². The van der Waals surface area contributed by atoms with Gasteiger partial charge in [0.25, 0.3) is 12.9 Å². The molecule has 65 heavy (non-hydrogen) atoms. The first-order valence-electron chi connectivity index (χ1n) is 21.4. The van der Waals surface area contributed by atoms with Gasteiger partial charge in [0.15, 0.2) is 0 Å². The van der Waals surface area contributed by atoms with Gasteiger partial charge in [-0.15, -0.1) is 0 Å². The summed E-state index contributed by atoms with van der Waals surface area (Å²) in [6.45, 7) is 9.01. The first-order chi connectivity index (χ1) is 31.3. The van der Waals surface area contributed by atoms with Gasteiger partial charge in [-0.2, -0.15) is 10.4 Å². The van der Waals surface area contributed by atoms with E-state index in [-0.39, 0.29) is 19.8 Å². The molecule has 7 rings (SSSR count). The summed E-state index contributed by atoms with van der Waals surface area (Å²) in [7, 11) is 0. The van der Waals surface area contributed by atoms with E-state index in [2.05, 4.69) is 44.1 Å². The number of nitrogens with zero attached hydrogens (tertiary/aromatic N) is 2.